The first-order valence-electron chi connectivity index (χ1n) is 6.28. The second-order valence-corrected chi connectivity index (χ2v) is 4.98. The molecule has 6 nitrogen and oxygen atoms in total. The van der Waals surface area contributed by atoms with E-state index in [2.05, 4.69) is 10.6 Å². The van der Waals surface area contributed by atoms with E-state index in [9.17, 15) is 9.59 Å². The van der Waals surface area contributed by atoms with Gasteiger partial charge >= 0.3 is 0 Å². The zero-order valence-electron chi connectivity index (χ0n) is 11.6. The minimum atomic E-state index is -1.02. The number of anilines is 1. The van der Waals surface area contributed by atoms with Gasteiger partial charge in [-0.25, -0.2) is 0 Å². The zero-order chi connectivity index (χ0) is 15.2. The molecule has 2 amide bonds. The third-order valence-corrected chi connectivity index (χ3v) is 2.78. The summed E-state index contributed by atoms with van der Waals surface area (Å²) >= 11 is 0. The standard InChI is InChI=1S/C14H20N2O4/c1-10(19)15-12-5-3-11(4-6-12)7-13(20)16-14(2,8-17)9-18/h3-6,17-18H,7-9H2,1-2H3,(H,15,19)(H,16,20). The molecule has 0 aromatic heterocycles. The van der Waals surface area contributed by atoms with Crippen molar-refractivity contribution >= 4 is 17.5 Å². The van der Waals surface area contributed by atoms with E-state index in [4.69, 9.17) is 10.2 Å². The van der Waals surface area contributed by atoms with Gasteiger partial charge in [0.1, 0.15) is 0 Å². The van der Waals surface area contributed by atoms with Crippen LogP contribution in [0.3, 0.4) is 0 Å². The lowest BCUT2D eigenvalue weighted by atomic mass is 10.0. The van der Waals surface area contributed by atoms with Crippen LogP contribution in [0.2, 0.25) is 0 Å². The van der Waals surface area contributed by atoms with Gasteiger partial charge < -0.3 is 20.8 Å². The minimum absolute atomic E-state index is 0.135. The molecule has 0 heterocycles. The summed E-state index contributed by atoms with van der Waals surface area (Å²) in [7, 11) is 0. The summed E-state index contributed by atoms with van der Waals surface area (Å²) in [5.74, 6) is -0.444. The summed E-state index contributed by atoms with van der Waals surface area (Å²) < 4.78 is 0. The van der Waals surface area contributed by atoms with Gasteiger partial charge in [-0.15, -0.1) is 0 Å². The summed E-state index contributed by atoms with van der Waals surface area (Å²) in [6.07, 6.45) is 0.135. The molecule has 110 valence electrons. The van der Waals surface area contributed by atoms with Crippen LogP contribution in [-0.4, -0.2) is 40.8 Å². The molecular formula is C14H20N2O4. The molecule has 1 aromatic carbocycles. The first kappa shape index (κ1) is 16.1. The molecule has 1 rings (SSSR count). The first-order valence-corrected chi connectivity index (χ1v) is 6.28. The molecule has 1 aromatic rings. The Bertz CT molecular complexity index is 467. The van der Waals surface area contributed by atoms with Crippen molar-refractivity contribution in [3.63, 3.8) is 0 Å². The van der Waals surface area contributed by atoms with E-state index in [1.54, 1.807) is 31.2 Å². The molecule has 0 fully saturated rings. The van der Waals surface area contributed by atoms with Gasteiger partial charge in [0, 0.05) is 12.6 Å². The molecule has 0 aliphatic heterocycles. The van der Waals surface area contributed by atoms with Crippen LogP contribution in [-0.2, 0) is 16.0 Å². The highest BCUT2D eigenvalue weighted by Gasteiger charge is 2.24. The Balaban J connectivity index is 2.60. The number of amides is 2. The average molecular weight is 280 g/mol. The summed E-state index contributed by atoms with van der Waals surface area (Å²) in [6.45, 7) is 2.31. The molecule has 0 aliphatic rings. The summed E-state index contributed by atoms with van der Waals surface area (Å²) in [4.78, 5) is 22.7. The highest BCUT2D eigenvalue weighted by Crippen LogP contribution is 2.10. The number of hydrogen-bond acceptors (Lipinski definition) is 4. The molecule has 20 heavy (non-hydrogen) atoms. The number of benzene rings is 1. The molecule has 0 spiro atoms. The Labute approximate surface area is 117 Å². The molecule has 0 saturated carbocycles. The van der Waals surface area contributed by atoms with Crippen LogP contribution in [0.25, 0.3) is 0 Å². The second kappa shape index (κ2) is 7.02. The predicted octanol–water partition coefficient (Wildman–Crippen LogP) is 0.0470. The zero-order valence-corrected chi connectivity index (χ0v) is 11.6. The number of nitrogens with one attached hydrogen (secondary N) is 2. The van der Waals surface area contributed by atoms with Crippen molar-refractivity contribution in [1.82, 2.24) is 5.32 Å². The quantitative estimate of drug-likeness (QED) is 0.591. The predicted molar refractivity (Wildman–Crippen MR) is 75.2 cm³/mol. The highest BCUT2D eigenvalue weighted by molar-refractivity contribution is 5.88. The smallest absolute Gasteiger partial charge is 0.224 e. The van der Waals surface area contributed by atoms with E-state index >= 15 is 0 Å². The Kier molecular flexibility index (Phi) is 5.66. The van der Waals surface area contributed by atoms with Crippen molar-refractivity contribution in [2.24, 2.45) is 0 Å². The van der Waals surface area contributed by atoms with Gasteiger partial charge in [-0.1, -0.05) is 12.1 Å². The minimum Gasteiger partial charge on any atom is -0.394 e. The number of aliphatic hydroxyl groups is 2. The van der Waals surface area contributed by atoms with E-state index in [0.29, 0.717) is 5.69 Å². The Morgan fingerprint density at radius 3 is 2.15 bits per heavy atom. The van der Waals surface area contributed by atoms with Gasteiger partial charge in [0.2, 0.25) is 11.8 Å². The van der Waals surface area contributed by atoms with Crippen LogP contribution >= 0.6 is 0 Å². The van der Waals surface area contributed by atoms with E-state index in [-0.39, 0.29) is 31.4 Å². The van der Waals surface area contributed by atoms with Crippen LogP contribution in [0, 0.1) is 0 Å². The molecule has 0 aliphatic carbocycles. The molecule has 0 atom stereocenters. The Morgan fingerprint density at radius 2 is 1.70 bits per heavy atom. The Morgan fingerprint density at radius 1 is 1.15 bits per heavy atom. The molecule has 0 saturated heterocycles. The van der Waals surface area contributed by atoms with Crippen molar-refractivity contribution in [2.45, 2.75) is 25.8 Å². The fourth-order valence-corrected chi connectivity index (χ4v) is 1.60. The SMILES string of the molecule is CC(=O)Nc1ccc(CC(=O)NC(C)(CO)CO)cc1. The van der Waals surface area contributed by atoms with Gasteiger partial charge in [0.15, 0.2) is 0 Å². The lowest BCUT2D eigenvalue weighted by Gasteiger charge is -2.26. The highest BCUT2D eigenvalue weighted by atomic mass is 16.3. The number of aliphatic hydroxyl groups excluding tert-OH is 2. The van der Waals surface area contributed by atoms with E-state index in [1.807, 2.05) is 0 Å². The average Bonchev–Trinajstić information content (AvgIpc) is 2.40. The third kappa shape index (κ3) is 4.99. The first-order chi connectivity index (χ1) is 9.38. The maximum atomic E-state index is 11.8. The summed E-state index contributed by atoms with van der Waals surface area (Å²) in [5.41, 5.74) is 0.416. The molecule has 0 unspecified atom stereocenters. The van der Waals surface area contributed by atoms with Gasteiger partial charge in [-0.3, -0.25) is 9.59 Å². The van der Waals surface area contributed by atoms with Crippen LogP contribution < -0.4 is 10.6 Å². The number of rotatable bonds is 6. The van der Waals surface area contributed by atoms with Crippen molar-refractivity contribution in [3.8, 4) is 0 Å². The van der Waals surface area contributed by atoms with Crippen LogP contribution in [0.1, 0.15) is 19.4 Å². The molecule has 6 heteroatoms. The van der Waals surface area contributed by atoms with Gasteiger partial charge in [-0.05, 0) is 24.6 Å². The number of carbonyl (C=O) groups excluding carboxylic acids is 2. The number of hydrogen-bond donors (Lipinski definition) is 4. The maximum absolute atomic E-state index is 11.8. The lowest BCUT2D eigenvalue weighted by Crippen LogP contribution is -2.52. The fourth-order valence-electron chi connectivity index (χ4n) is 1.60. The monoisotopic (exact) mass is 280 g/mol. The van der Waals surface area contributed by atoms with Gasteiger partial charge in [0.05, 0.1) is 25.2 Å². The van der Waals surface area contributed by atoms with Crippen molar-refractivity contribution in [3.05, 3.63) is 29.8 Å². The van der Waals surface area contributed by atoms with Crippen molar-refractivity contribution in [2.75, 3.05) is 18.5 Å². The summed E-state index contributed by atoms with van der Waals surface area (Å²) in [5, 5.41) is 23.4. The Hall–Kier alpha value is -1.92. The topological polar surface area (TPSA) is 98.7 Å². The second-order valence-electron chi connectivity index (χ2n) is 4.98. The molecule has 0 bridgehead atoms. The lowest BCUT2D eigenvalue weighted by molar-refractivity contribution is -0.123. The third-order valence-electron chi connectivity index (χ3n) is 2.78. The van der Waals surface area contributed by atoms with E-state index < -0.39 is 5.54 Å². The molecular weight excluding hydrogens is 260 g/mol. The van der Waals surface area contributed by atoms with Crippen LogP contribution in [0.5, 0.6) is 0 Å². The molecule has 4 N–H and O–H groups in total. The fraction of sp³-hybridized carbons (Fsp3) is 0.429. The van der Waals surface area contributed by atoms with Crippen LogP contribution in [0.15, 0.2) is 24.3 Å². The van der Waals surface area contributed by atoms with Gasteiger partial charge in [-0.2, -0.15) is 0 Å². The van der Waals surface area contributed by atoms with Crippen molar-refractivity contribution < 1.29 is 19.8 Å². The largest absolute Gasteiger partial charge is 0.394 e. The summed E-state index contributed by atoms with van der Waals surface area (Å²) in [6, 6.07) is 6.89. The van der Waals surface area contributed by atoms with E-state index in [1.165, 1.54) is 6.92 Å². The van der Waals surface area contributed by atoms with Crippen LogP contribution in [0.4, 0.5) is 5.69 Å². The molecule has 0 radical (unpaired) electrons. The van der Waals surface area contributed by atoms with Gasteiger partial charge in [0.25, 0.3) is 0 Å². The van der Waals surface area contributed by atoms with Crippen molar-refractivity contribution in [1.29, 1.82) is 0 Å². The van der Waals surface area contributed by atoms with E-state index in [0.717, 1.165) is 5.56 Å². The normalized spacial score (nSPS) is 11.0. The number of carbonyl (C=O) groups is 2. The maximum Gasteiger partial charge on any atom is 0.224 e.